The minimum absolute atomic E-state index is 0. The van der Waals surface area contributed by atoms with Crippen LogP contribution in [0.3, 0.4) is 0 Å². The number of carbonyl (C=O) groups is 2. The van der Waals surface area contributed by atoms with Crippen LogP contribution in [0.15, 0.2) is 42.5 Å². The smallest absolute Gasteiger partial charge is 0.281 e. The van der Waals surface area contributed by atoms with Crippen molar-refractivity contribution in [3.05, 3.63) is 74.8 Å². The van der Waals surface area contributed by atoms with Crippen molar-refractivity contribution in [2.45, 2.75) is 14.9 Å². The summed E-state index contributed by atoms with van der Waals surface area (Å²) in [6.45, 7) is 0. The van der Waals surface area contributed by atoms with Gasteiger partial charge in [0.05, 0.1) is 4.92 Å². The lowest BCUT2D eigenvalue weighted by atomic mass is 9.83. The number of hydrogen-bond donors (Lipinski definition) is 0. The lowest BCUT2D eigenvalue weighted by molar-refractivity contribution is -0.385. The summed E-state index contributed by atoms with van der Waals surface area (Å²) in [4.78, 5) is 34.9. The van der Waals surface area contributed by atoms with E-state index in [2.05, 4.69) is 0 Å². The van der Waals surface area contributed by atoms with Gasteiger partial charge in [-0.3, -0.25) is 19.7 Å². The van der Waals surface area contributed by atoms with Gasteiger partial charge in [-0.1, -0.05) is 45.2 Å². The Morgan fingerprint density at radius 1 is 0.762 bits per heavy atom. The highest BCUT2D eigenvalue weighted by Crippen LogP contribution is 2.32. The highest BCUT2D eigenvalue weighted by Gasteiger charge is 2.34. The quantitative estimate of drug-likeness (QED) is 0.505. The summed E-state index contributed by atoms with van der Waals surface area (Å²) in [7, 11) is 0. The van der Waals surface area contributed by atoms with Gasteiger partial charge in [-0.2, -0.15) is 0 Å². The van der Waals surface area contributed by atoms with Crippen molar-refractivity contribution in [1.29, 1.82) is 0 Å². The SMILES string of the molecule is C.C.O=C1c2ccccc2C(=O)c2c1cccc2[N+](=O)[O-]. The van der Waals surface area contributed by atoms with E-state index in [9.17, 15) is 19.7 Å². The maximum atomic E-state index is 12.3. The molecule has 2 aromatic rings. The second-order valence-electron chi connectivity index (χ2n) is 4.16. The van der Waals surface area contributed by atoms with Gasteiger partial charge in [0, 0.05) is 22.8 Å². The van der Waals surface area contributed by atoms with Crippen molar-refractivity contribution in [1.82, 2.24) is 0 Å². The molecular weight excluding hydrogens is 270 g/mol. The van der Waals surface area contributed by atoms with Crippen molar-refractivity contribution in [2.75, 3.05) is 0 Å². The first-order valence-corrected chi connectivity index (χ1v) is 5.57. The average molecular weight is 285 g/mol. The molecule has 0 fully saturated rings. The molecule has 0 N–H and O–H groups in total. The first kappa shape index (κ1) is 16.2. The van der Waals surface area contributed by atoms with E-state index in [1.54, 1.807) is 18.2 Å². The highest BCUT2D eigenvalue weighted by molar-refractivity contribution is 6.29. The van der Waals surface area contributed by atoms with Crippen molar-refractivity contribution >= 4 is 17.3 Å². The van der Waals surface area contributed by atoms with Crippen LogP contribution in [0, 0.1) is 10.1 Å². The van der Waals surface area contributed by atoms with Crippen LogP contribution in [0.5, 0.6) is 0 Å². The van der Waals surface area contributed by atoms with Crippen LogP contribution in [0.1, 0.15) is 46.7 Å². The van der Waals surface area contributed by atoms with Crippen LogP contribution in [0.2, 0.25) is 0 Å². The molecule has 0 saturated carbocycles. The number of nitrogens with zero attached hydrogens (tertiary/aromatic N) is 1. The molecule has 21 heavy (non-hydrogen) atoms. The van der Waals surface area contributed by atoms with Crippen LogP contribution in [-0.2, 0) is 0 Å². The zero-order valence-corrected chi connectivity index (χ0v) is 9.62. The summed E-state index contributed by atoms with van der Waals surface area (Å²) in [5.74, 6) is -0.827. The summed E-state index contributed by atoms with van der Waals surface area (Å²) in [6.07, 6.45) is 0. The Morgan fingerprint density at radius 3 is 1.86 bits per heavy atom. The van der Waals surface area contributed by atoms with E-state index in [0.29, 0.717) is 5.56 Å². The third-order valence-electron chi connectivity index (χ3n) is 3.13. The van der Waals surface area contributed by atoms with E-state index < -0.39 is 10.7 Å². The van der Waals surface area contributed by atoms with E-state index in [-0.39, 0.29) is 43.0 Å². The first-order chi connectivity index (χ1) is 9.11. The summed E-state index contributed by atoms with van der Waals surface area (Å²) in [6, 6.07) is 10.4. The number of nitro groups is 1. The third kappa shape index (κ3) is 2.23. The maximum absolute atomic E-state index is 12.3. The molecule has 1 aliphatic carbocycles. The molecule has 0 amide bonds. The molecule has 0 unspecified atom stereocenters. The Kier molecular flexibility index (Phi) is 4.38. The van der Waals surface area contributed by atoms with E-state index in [4.69, 9.17) is 0 Å². The Hall–Kier alpha value is -2.82. The molecular formula is C16H15NO4. The Morgan fingerprint density at radius 2 is 1.29 bits per heavy atom. The Balaban J connectivity index is 0.00000110. The largest absolute Gasteiger partial charge is 0.289 e. The predicted octanol–water partition coefficient (Wildman–Crippen LogP) is 3.64. The molecule has 0 aliphatic heterocycles. The lowest BCUT2D eigenvalue weighted by Crippen LogP contribution is -2.21. The molecule has 5 heteroatoms. The number of benzene rings is 2. The van der Waals surface area contributed by atoms with E-state index in [1.165, 1.54) is 24.3 Å². The van der Waals surface area contributed by atoms with Crippen LogP contribution in [-0.4, -0.2) is 16.5 Å². The van der Waals surface area contributed by atoms with Gasteiger partial charge in [-0.25, -0.2) is 0 Å². The number of hydrogen-bond acceptors (Lipinski definition) is 4. The number of nitro benzene ring substituents is 1. The second kappa shape index (κ2) is 5.66. The number of rotatable bonds is 1. The molecule has 2 aromatic carbocycles. The normalized spacial score (nSPS) is 11.6. The molecule has 0 spiro atoms. The standard InChI is InChI=1S/C14H7NO4.2CH4/c16-13-8-4-1-2-5-9(8)14(17)12-10(13)6-3-7-11(12)15(18)19;;/h1-7H;2*1H4. The molecule has 0 heterocycles. The van der Waals surface area contributed by atoms with Gasteiger partial charge in [0.15, 0.2) is 5.78 Å². The predicted molar refractivity (Wildman–Crippen MR) is 79.9 cm³/mol. The van der Waals surface area contributed by atoms with Crippen molar-refractivity contribution in [3.8, 4) is 0 Å². The van der Waals surface area contributed by atoms with Crippen LogP contribution < -0.4 is 0 Å². The fourth-order valence-corrected chi connectivity index (χ4v) is 2.28. The summed E-state index contributed by atoms with van der Waals surface area (Å²) < 4.78 is 0. The average Bonchev–Trinajstić information content (AvgIpc) is 2.44. The van der Waals surface area contributed by atoms with Crippen LogP contribution >= 0.6 is 0 Å². The lowest BCUT2D eigenvalue weighted by Gasteiger charge is -2.16. The summed E-state index contributed by atoms with van der Waals surface area (Å²) in [5.41, 5.74) is 0.161. The molecule has 3 rings (SSSR count). The molecule has 1 aliphatic rings. The molecule has 0 radical (unpaired) electrons. The van der Waals surface area contributed by atoms with Crippen molar-refractivity contribution in [3.63, 3.8) is 0 Å². The Labute approximate surface area is 122 Å². The fraction of sp³-hybridized carbons (Fsp3) is 0.125. The van der Waals surface area contributed by atoms with E-state index >= 15 is 0 Å². The molecule has 0 aromatic heterocycles. The van der Waals surface area contributed by atoms with E-state index in [1.807, 2.05) is 0 Å². The first-order valence-electron chi connectivity index (χ1n) is 5.57. The molecule has 108 valence electrons. The molecule has 0 atom stereocenters. The van der Waals surface area contributed by atoms with Crippen LogP contribution in [0.4, 0.5) is 5.69 Å². The maximum Gasteiger partial charge on any atom is 0.281 e. The monoisotopic (exact) mass is 285 g/mol. The van der Waals surface area contributed by atoms with Crippen molar-refractivity contribution in [2.24, 2.45) is 0 Å². The summed E-state index contributed by atoms with van der Waals surface area (Å²) in [5, 5.41) is 11.0. The van der Waals surface area contributed by atoms with E-state index in [0.717, 1.165) is 0 Å². The van der Waals surface area contributed by atoms with Gasteiger partial charge in [-0.05, 0) is 6.07 Å². The highest BCUT2D eigenvalue weighted by atomic mass is 16.6. The number of fused-ring (bicyclic) bond motifs is 2. The van der Waals surface area contributed by atoms with Gasteiger partial charge >= 0.3 is 0 Å². The number of carbonyl (C=O) groups excluding carboxylic acids is 2. The zero-order valence-electron chi connectivity index (χ0n) is 9.62. The van der Waals surface area contributed by atoms with Crippen molar-refractivity contribution < 1.29 is 14.5 Å². The topological polar surface area (TPSA) is 77.3 Å². The summed E-state index contributed by atoms with van der Waals surface area (Å²) >= 11 is 0. The Bertz CT molecular complexity index is 750. The van der Waals surface area contributed by atoms with Gasteiger partial charge in [-0.15, -0.1) is 0 Å². The zero-order chi connectivity index (χ0) is 13.6. The number of ketones is 2. The third-order valence-corrected chi connectivity index (χ3v) is 3.13. The van der Waals surface area contributed by atoms with Gasteiger partial charge < -0.3 is 0 Å². The van der Waals surface area contributed by atoms with Gasteiger partial charge in [0.2, 0.25) is 5.78 Å². The fourth-order valence-electron chi connectivity index (χ4n) is 2.28. The van der Waals surface area contributed by atoms with Crippen LogP contribution in [0.25, 0.3) is 0 Å². The molecule has 0 bridgehead atoms. The van der Waals surface area contributed by atoms with Gasteiger partial charge in [0.25, 0.3) is 5.69 Å². The molecule has 0 saturated heterocycles. The molecule has 5 nitrogen and oxygen atoms in total. The van der Waals surface area contributed by atoms with Gasteiger partial charge in [0.1, 0.15) is 5.56 Å². The minimum Gasteiger partial charge on any atom is -0.289 e. The minimum atomic E-state index is -0.641. The second-order valence-corrected chi connectivity index (χ2v) is 4.16.